The molecule has 3 heterocycles. The van der Waals surface area contributed by atoms with Crippen LogP contribution < -0.4 is 0 Å². The number of fused-ring (bicyclic) bond motifs is 3. The van der Waals surface area contributed by atoms with E-state index in [2.05, 4.69) is 37.6 Å². The average molecular weight is 681 g/mol. The van der Waals surface area contributed by atoms with Crippen LogP contribution in [0.3, 0.4) is 0 Å². The van der Waals surface area contributed by atoms with E-state index in [4.69, 9.17) is 11.8 Å². The van der Waals surface area contributed by atoms with Crippen molar-refractivity contribution in [1.29, 1.82) is 10.5 Å². The molecule has 1 aliphatic heterocycles. The molecule has 6 nitrogen and oxygen atoms in total. The molecule has 0 fully saturated rings. The van der Waals surface area contributed by atoms with Crippen LogP contribution in [0.1, 0.15) is 22.3 Å². The van der Waals surface area contributed by atoms with Crippen molar-refractivity contribution in [2.45, 2.75) is 19.9 Å². The third kappa shape index (κ3) is 5.54. The number of hydrogen-bond acceptors (Lipinski definition) is 4. The van der Waals surface area contributed by atoms with Gasteiger partial charge in [0.25, 0.3) is 0 Å². The number of rotatable bonds is 2. The van der Waals surface area contributed by atoms with Crippen LogP contribution in [0.4, 0.5) is 5.69 Å². The largest absolute Gasteiger partial charge is 0.371 e. The predicted molar refractivity (Wildman–Crippen MR) is 145 cm³/mol. The Kier molecular flexibility index (Phi) is 8.45. The number of aryl methyl sites for hydroxylation is 3. The van der Waals surface area contributed by atoms with Gasteiger partial charge in [0.1, 0.15) is 5.69 Å². The Bertz CT molecular complexity index is 1730. The van der Waals surface area contributed by atoms with Gasteiger partial charge in [-0.05, 0) is 36.1 Å². The number of hydrogen-bond donors (Lipinski definition) is 0. The van der Waals surface area contributed by atoms with Crippen LogP contribution in [0, 0.1) is 48.3 Å². The Morgan fingerprint density at radius 3 is 2.59 bits per heavy atom. The van der Waals surface area contributed by atoms with Gasteiger partial charge < -0.3 is 4.57 Å². The summed E-state index contributed by atoms with van der Waals surface area (Å²) in [5.74, 6) is 1.06. The molecule has 0 saturated heterocycles. The van der Waals surface area contributed by atoms with Crippen LogP contribution in [0.15, 0.2) is 79.3 Å². The molecule has 3 aromatic carbocycles. The van der Waals surface area contributed by atoms with Gasteiger partial charge >= 0.3 is 0 Å². The smallest absolute Gasteiger partial charge is 0.142 e. The zero-order valence-corrected chi connectivity index (χ0v) is 23.3. The van der Waals surface area contributed by atoms with Crippen LogP contribution >= 0.6 is 0 Å². The standard InChI is InChI=1S/C21H11N4.C11H9N2.Ir/c1-14-8-20(25-13-19(14)15-6-4-3-5-7-15)16-9-17(11-22)18(12-23)21(10-16)24-2;1-2-4-10-9(3-1)5-7-13-8-6-12-11(10)13;/h3-8,10,13H,1H3;1-3,6,8H,5,7H2;/q2*-1;. The second-order valence-corrected chi connectivity index (χ2v) is 8.67. The van der Waals surface area contributed by atoms with Crippen molar-refractivity contribution in [3.63, 3.8) is 0 Å². The molecule has 2 aromatic heterocycles. The van der Waals surface area contributed by atoms with E-state index in [1.807, 2.05) is 80.0 Å². The molecule has 0 amide bonds. The molecular formula is C32H20IrN6-2. The van der Waals surface area contributed by atoms with Crippen molar-refractivity contribution in [1.82, 2.24) is 14.5 Å². The summed E-state index contributed by atoms with van der Waals surface area (Å²) >= 11 is 0. The van der Waals surface area contributed by atoms with E-state index in [0.717, 1.165) is 35.5 Å². The van der Waals surface area contributed by atoms with Crippen molar-refractivity contribution >= 4 is 5.69 Å². The molecule has 6 rings (SSSR count). The Labute approximate surface area is 241 Å². The summed E-state index contributed by atoms with van der Waals surface area (Å²) in [4.78, 5) is 12.1. The van der Waals surface area contributed by atoms with Gasteiger partial charge in [-0.2, -0.15) is 0 Å². The average Bonchev–Trinajstić information content (AvgIpc) is 3.47. The SMILES string of the molecule is [C-]#[N+]c1cc(-c2cc(C)c(-c3ccccc3)cn2)[c-]c(C#N)c1C#N.[Ir].[c-]1cccc2c1-c1nccn1CC2. The monoisotopic (exact) mass is 681 g/mol. The number of aromatic nitrogens is 3. The third-order valence-electron chi connectivity index (χ3n) is 6.37. The molecule has 0 unspecified atom stereocenters. The molecule has 7 heteroatoms. The first kappa shape index (κ1) is 27.2. The van der Waals surface area contributed by atoms with Gasteiger partial charge in [-0.15, -0.1) is 53.1 Å². The van der Waals surface area contributed by atoms with E-state index in [0.29, 0.717) is 11.3 Å². The number of nitrogens with zero attached hydrogens (tertiary/aromatic N) is 6. The topological polar surface area (TPSA) is 82.7 Å². The predicted octanol–water partition coefficient (Wildman–Crippen LogP) is 6.72. The van der Waals surface area contributed by atoms with Gasteiger partial charge in [0.15, 0.2) is 0 Å². The molecule has 0 spiro atoms. The summed E-state index contributed by atoms with van der Waals surface area (Å²) in [6.07, 6.45) is 6.75. The number of nitriles is 2. The van der Waals surface area contributed by atoms with E-state index in [-0.39, 0.29) is 36.9 Å². The first-order valence-corrected chi connectivity index (χ1v) is 11.9. The van der Waals surface area contributed by atoms with Gasteiger partial charge in [0, 0.05) is 68.1 Å². The van der Waals surface area contributed by atoms with Crippen molar-refractivity contribution < 1.29 is 20.1 Å². The Morgan fingerprint density at radius 1 is 1.05 bits per heavy atom. The Hall–Kier alpha value is -4.86. The fourth-order valence-electron chi connectivity index (χ4n) is 4.46. The fraction of sp³-hybridized carbons (Fsp3) is 0.0938. The first-order valence-electron chi connectivity index (χ1n) is 11.9. The quantitative estimate of drug-likeness (QED) is 0.194. The zero-order chi connectivity index (χ0) is 26.5. The summed E-state index contributed by atoms with van der Waals surface area (Å²) in [5, 5.41) is 18.4. The minimum Gasteiger partial charge on any atom is -0.371 e. The molecule has 0 bridgehead atoms. The van der Waals surface area contributed by atoms with Crippen molar-refractivity contribution in [2.75, 3.05) is 0 Å². The summed E-state index contributed by atoms with van der Waals surface area (Å²) < 4.78 is 2.18. The van der Waals surface area contributed by atoms with Gasteiger partial charge in [0.2, 0.25) is 0 Å². The summed E-state index contributed by atoms with van der Waals surface area (Å²) in [5.41, 5.74) is 7.05. The van der Waals surface area contributed by atoms with E-state index < -0.39 is 0 Å². The molecule has 1 aliphatic rings. The third-order valence-corrected chi connectivity index (χ3v) is 6.37. The van der Waals surface area contributed by atoms with Crippen LogP contribution in [-0.4, -0.2) is 14.5 Å². The fourth-order valence-corrected chi connectivity index (χ4v) is 4.46. The number of benzene rings is 3. The maximum absolute atomic E-state index is 9.23. The summed E-state index contributed by atoms with van der Waals surface area (Å²) in [6.45, 7) is 10.3. The van der Waals surface area contributed by atoms with Crippen LogP contribution in [0.5, 0.6) is 0 Å². The summed E-state index contributed by atoms with van der Waals surface area (Å²) in [7, 11) is 0. The second kappa shape index (κ2) is 12.1. The van der Waals surface area contributed by atoms with Gasteiger partial charge in [-0.25, -0.2) is 10.5 Å². The van der Waals surface area contributed by atoms with Crippen LogP contribution in [0.2, 0.25) is 0 Å². The molecule has 5 aromatic rings. The van der Waals surface area contributed by atoms with Crippen molar-refractivity contribution in [3.8, 4) is 45.9 Å². The van der Waals surface area contributed by atoms with Crippen molar-refractivity contribution in [3.05, 3.63) is 125 Å². The molecule has 0 N–H and O–H groups in total. The molecule has 0 saturated carbocycles. The van der Waals surface area contributed by atoms with Gasteiger partial charge in [0.05, 0.1) is 12.4 Å². The second-order valence-electron chi connectivity index (χ2n) is 8.67. The van der Waals surface area contributed by atoms with E-state index in [1.54, 1.807) is 12.3 Å². The van der Waals surface area contributed by atoms with E-state index >= 15 is 0 Å². The Morgan fingerprint density at radius 2 is 1.87 bits per heavy atom. The maximum atomic E-state index is 9.23. The number of pyridine rings is 1. The molecule has 1 radical (unpaired) electrons. The van der Waals surface area contributed by atoms with E-state index in [1.165, 1.54) is 11.1 Å². The molecular weight excluding hydrogens is 661 g/mol. The molecule has 0 atom stereocenters. The molecule has 0 aliphatic carbocycles. The van der Waals surface area contributed by atoms with Crippen LogP contribution in [0.25, 0.3) is 38.6 Å². The molecule has 189 valence electrons. The molecule has 39 heavy (non-hydrogen) atoms. The summed E-state index contributed by atoms with van der Waals surface area (Å²) in [6, 6.07) is 29.5. The number of imidazole rings is 1. The first-order chi connectivity index (χ1) is 18.6. The minimum atomic E-state index is 0. The minimum absolute atomic E-state index is 0. The Balaban J connectivity index is 0.000000210. The van der Waals surface area contributed by atoms with Crippen LogP contribution in [-0.2, 0) is 33.1 Å². The van der Waals surface area contributed by atoms with E-state index in [9.17, 15) is 5.26 Å². The van der Waals surface area contributed by atoms with Gasteiger partial charge in [-0.1, -0.05) is 36.4 Å². The zero-order valence-electron chi connectivity index (χ0n) is 20.9. The van der Waals surface area contributed by atoms with Gasteiger partial charge in [-0.3, -0.25) is 14.8 Å². The maximum Gasteiger partial charge on any atom is 0.142 e. The van der Waals surface area contributed by atoms with Crippen molar-refractivity contribution in [2.24, 2.45) is 0 Å². The normalized spacial score (nSPS) is 10.7.